The van der Waals surface area contributed by atoms with Gasteiger partial charge in [-0.2, -0.15) is 0 Å². The van der Waals surface area contributed by atoms with Crippen molar-refractivity contribution in [2.75, 3.05) is 0 Å². The van der Waals surface area contributed by atoms with E-state index in [2.05, 4.69) is 6.58 Å². The van der Waals surface area contributed by atoms with Crippen LogP contribution in [0.1, 0.15) is 24.8 Å². The molecule has 104 valence electrons. The predicted octanol–water partition coefficient (Wildman–Crippen LogP) is 2.19. The molecule has 0 heterocycles. The Morgan fingerprint density at radius 3 is 2.55 bits per heavy atom. The molecule has 2 N–H and O–H groups in total. The maximum atomic E-state index is 11.9. The number of rotatable bonds is 5. The lowest BCUT2D eigenvalue weighted by Crippen LogP contribution is -2.07. The minimum absolute atomic E-state index is 0.0101. The molecule has 1 unspecified atom stereocenters. The van der Waals surface area contributed by atoms with Crippen molar-refractivity contribution < 1.29 is 19.8 Å². The second-order valence-corrected chi connectivity index (χ2v) is 4.77. The molecule has 0 aliphatic heterocycles. The number of allylic oxidation sites excluding steroid dienone is 1. The summed E-state index contributed by atoms with van der Waals surface area (Å²) in [5.41, 5.74) is 2.30. The van der Waals surface area contributed by atoms with Crippen molar-refractivity contribution in [3.8, 4) is 0 Å². The number of carboxylic acids is 1. The van der Waals surface area contributed by atoms with E-state index in [9.17, 15) is 14.7 Å². The third-order valence-electron chi connectivity index (χ3n) is 3.41. The molecule has 0 spiro atoms. The number of aliphatic hydroxyl groups excluding tert-OH is 1. The van der Waals surface area contributed by atoms with Crippen LogP contribution in [0.4, 0.5) is 0 Å². The quantitative estimate of drug-likeness (QED) is 0.861. The molecule has 0 aromatic heterocycles. The second kappa shape index (κ2) is 5.84. The predicted molar refractivity (Wildman–Crippen MR) is 75.0 cm³/mol. The first-order valence-electron chi connectivity index (χ1n) is 6.41. The molecular formula is C16H16O4. The van der Waals surface area contributed by atoms with Gasteiger partial charge in [0.2, 0.25) is 0 Å². The summed E-state index contributed by atoms with van der Waals surface area (Å²) < 4.78 is 0. The maximum Gasteiger partial charge on any atom is 0.303 e. The van der Waals surface area contributed by atoms with Crippen molar-refractivity contribution in [1.82, 2.24) is 0 Å². The summed E-state index contributed by atoms with van der Waals surface area (Å²) in [6.07, 6.45) is -0.874. The van der Waals surface area contributed by atoms with Crippen LogP contribution in [0.15, 0.2) is 48.1 Å². The summed E-state index contributed by atoms with van der Waals surface area (Å²) in [5.74, 6) is -1.15. The Morgan fingerprint density at radius 1 is 1.30 bits per heavy atom. The fourth-order valence-electron chi connectivity index (χ4n) is 2.44. The highest BCUT2D eigenvalue weighted by molar-refractivity contribution is 6.04. The minimum Gasteiger partial charge on any atom is -0.481 e. The van der Waals surface area contributed by atoms with Gasteiger partial charge in [-0.25, -0.2) is 0 Å². The van der Waals surface area contributed by atoms with Crippen molar-refractivity contribution in [3.05, 3.63) is 53.6 Å². The lowest BCUT2D eigenvalue weighted by Gasteiger charge is -2.13. The zero-order valence-corrected chi connectivity index (χ0v) is 11.0. The first kappa shape index (κ1) is 14.2. The summed E-state index contributed by atoms with van der Waals surface area (Å²) in [6, 6.07) is 9.26. The standard InChI is InChI=1S/C16H16O4/c1-10(11-5-3-2-4-6-11)16-12(7-8-15(19)20)13(17)9-14(16)18/h2-6,14,18H,1,7-9H2,(H,19,20). The molecule has 0 amide bonds. The molecule has 1 aliphatic carbocycles. The highest BCUT2D eigenvalue weighted by Gasteiger charge is 2.32. The van der Waals surface area contributed by atoms with Crippen LogP contribution in [-0.4, -0.2) is 28.1 Å². The summed E-state index contributed by atoms with van der Waals surface area (Å²) >= 11 is 0. The summed E-state index contributed by atoms with van der Waals surface area (Å²) in [4.78, 5) is 22.6. The minimum atomic E-state index is -0.962. The average Bonchev–Trinajstić information content (AvgIpc) is 2.70. The summed E-state index contributed by atoms with van der Waals surface area (Å²) in [7, 11) is 0. The van der Waals surface area contributed by atoms with Gasteiger partial charge < -0.3 is 10.2 Å². The van der Waals surface area contributed by atoms with E-state index >= 15 is 0 Å². The van der Waals surface area contributed by atoms with Crippen molar-refractivity contribution in [2.45, 2.75) is 25.4 Å². The Morgan fingerprint density at radius 2 is 1.95 bits per heavy atom. The van der Waals surface area contributed by atoms with Crippen LogP contribution in [0.5, 0.6) is 0 Å². The SMILES string of the molecule is C=C(C1=C(CCC(=O)O)C(=O)CC1O)c1ccccc1. The first-order chi connectivity index (χ1) is 9.50. The first-order valence-corrected chi connectivity index (χ1v) is 6.41. The number of hydrogen-bond donors (Lipinski definition) is 2. The lowest BCUT2D eigenvalue weighted by molar-refractivity contribution is -0.136. The van der Waals surface area contributed by atoms with Crippen molar-refractivity contribution in [1.29, 1.82) is 0 Å². The van der Waals surface area contributed by atoms with E-state index in [1.54, 1.807) is 0 Å². The Kier molecular flexibility index (Phi) is 4.15. The Hall–Kier alpha value is -2.20. The van der Waals surface area contributed by atoms with E-state index < -0.39 is 12.1 Å². The highest BCUT2D eigenvalue weighted by Crippen LogP contribution is 2.35. The number of aliphatic carboxylic acids is 1. The Bertz CT molecular complexity index is 584. The molecule has 4 nitrogen and oxygen atoms in total. The number of aliphatic hydroxyl groups is 1. The lowest BCUT2D eigenvalue weighted by atomic mass is 9.93. The second-order valence-electron chi connectivity index (χ2n) is 4.77. The molecule has 1 atom stereocenters. The fourth-order valence-corrected chi connectivity index (χ4v) is 2.44. The Labute approximate surface area is 117 Å². The molecule has 0 fully saturated rings. The van der Waals surface area contributed by atoms with Gasteiger partial charge in [0.1, 0.15) is 0 Å². The van der Waals surface area contributed by atoms with Crippen LogP contribution in [0.2, 0.25) is 0 Å². The third-order valence-corrected chi connectivity index (χ3v) is 3.41. The molecule has 0 saturated heterocycles. The largest absolute Gasteiger partial charge is 0.481 e. The molecular weight excluding hydrogens is 256 g/mol. The van der Waals surface area contributed by atoms with Gasteiger partial charge in [-0.15, -0.1) is 0 Å². The molecule has 1 aromatic carbocycles. The van der Waals surface area contributed by atoms with Gasteiger partial charge in [-0.3, -0.25) is 9.59 Å². The average molecular weight is 272 g/mol. The van der Waals surface area contributed by atoms with Crippen molar-refractivity contribution in [3.63, 3.8) is 0 Å². The van der Waals surface area contributed by atoms with Crippen LogP contribution < -0.4 is 0 Å². The summed E-state index contributed by atoms with van der Waals surface area (Å²) in [5, 5.41) is 18.8. The van der Waals surface area contributed by atoms with E-state index in [-0.39, 0.29) is 25.0 Å². The van der Waals surface area contributed by atoms with Gasteiger partial charge in [0.05, 0.1) is 6.10 Å². The summed E-state index contributed by atoms with van der Waals surface area (Å²) in [6.45, 7) is 3.95. The smallest absolute Gasteiger partial charge is 0.303 e. The number of Topliss-reactive ketones (excluding diaryl/α,β-unsaturated/α-hetero) is 1. The van der Waals surface area contributed by atoms with Crippen LogP contribution in [-0.2, 0) is 9.59 Å². The van der Waals surface area contributed by atoms with Crippen LogP contribution in [0, 0.1) is 0 Å². The van der Waals surface area contributed by atoms with E-state index in [1.165, 1.54) is 0 Å². The Balaban J connectivity index is 2.35. The normalized spacial score (nSPS) is 18.4. The monoisotopic (exact) mass is 272 g/mol. The number of benzene rings is 1. The van der Waals surface area contributed by atoms with Crippen LogP contribution in [0.3, 0.4) is 0 Å². The number of carbonyl (C=O) groups excluding carboxylic acids is 1. The molecule has 0 radical (unpaired) electrons. The number of carboxylic acid groups (broad SMARTS) is 1. The number of hydrogen-bond acceptors (Lipinski definition) is 3. The number of carbonyl (C=O) groups is 2. The van der Waals surface area contributed by atoms with Gasteiger partial charge in [-0.05, 0) is 23.1 Å². The van der Waals surface area contributed by atoms with Gasteiger partial charge in [-0.1, -0.05) is 36.9 Å². The zero-order chi connectivity index (χ0) is 14.7. The van der Waals surface area contributed by atoms with Crippen molar-refractivity contribution >= 4 is 17.3 Å². The van der Waals surface area contributed by atoms with Gasteiger partial charge in [0, 0.05) is 18.4 Å². The van der Waals surface area contributed by atoms with E-state index in [4.69, 9.17) is 5.11 Å². The number of ketones is 1. The molecule has 2 rings (SSSR count). The van der Waals surface area contributed by atoms with E-state index in [0.717, 1.165) is 5.56 Å². The van der Waals surface area contributed by atoms with E-state index in [1.807, 2.05) is 30.3 Å². The van der Waals surface area contributed by atoms with Crippen molar-refractivity contribution in [2.24, 2.45) is 0 Å². The van der Waals surface area contributed by atoms with Crippen LogP contribution in [0.25, 0.3) is 5.57 Å². The van der Waals surface area contributed by atoms with Gasteiger partial charge >= 0.3 is 5.97 Å². The van der Waals surface area contributed by atoms with Crippen LogP contribution >= 0.6 is 0 Å². The highest BCUT2D eigenvalue weighted by atomic mass is 16.4. The van der Waals surface area contributed by atoms with Gasteiger partial charge in [0.15, 0.2) is 5.78 Å². The molecule has 1 aromatic rings. The van der Waals surface area contributed by atoms with Gasteiger partial charge in [0.25, 0.3) is 0 Å². The topological polar surface area (TPSA) is 74.6 Å². The fraction of sp³-hybridized carbons (Fsp3) is 0.250. The molecule has 20 heavy (non-hydrogen) atoms. The maximum absolute atomic E-state index is 11.9. The molecule has 0 bridgehead atoms. The van der Waals surface area contributed by atoms with E-state index in [0.29, 0.717) is 16.7 Å². The zero-order valence-electron chi connectivity index (χ0n) is 11.0. The molecule has 0 saturated carbocycles. The molecule has 4 heteroatoms. The third kappa shape index (κ3) is 2.86. The molecule has 1 aliphatic rings.